The van der Waals surface area contributed by atoms with Crippen LogP contribution >= 0.6 is 11.3 Å². The molecule has 0 saturated carbocycles. The summed E-state index contributed by atoms with van der Waals surface area (Å²) in [4.78, 5) is 18.5. The van der Waals surface area contributed by atoms with Gasteiger partial charge in [0.25, 0.3) is 0 Å². The van der Waals surface area contributed by atoms with E-state index >= 15 is 0 Å². The average molecular weight is 252 g/mol. The molecule has 1 aliphatic heterocycles. The maximum absolute atomic E-state index is 11.4. The van der Waals surface area contributed by atoms with Gasteiger partial charge in [0.05, 0.1) is 0 Å². The van der Waals surface area contributed by atoms with Gasteiger partial charge in [-0.25, -0.2) is 0 Å². The second-order valence-electron chi connectivity index (χ2n) is 5.33. The highest BCUT2D eigenvalue weighted by Crippen LogP contribution is 2.35. The van der Waals surface area contributed by atoms with E-state index < -0.39 is 0 Å². The van der Waals surface area contributed by atoms with E-state index in [1.807, 2.05) is 0 Å². The van der Waals surface area contributed by atoms with Gasteiger partial charge in [0.1, 0.15) is 0 Å². The molecule has 1 aliphatic carbocycles. The van der Waals surface area contributed by atoms with Crippen LogP contribution in [0, 0.1) is 5.92 Å². The standard InChI is InChI=1S/C13H20N2OS/c1-2-5-15-6-3-4-9-7-10-12(8-11(9)15)17-13(16)14-10/h9,11H,2-8H2,1H3,(H,14,16)/t9-,11-/m0/s1. The fraction of sp³-hybridized carbons (Fsp3) is 0.769. The SMILES string of the molecule is CCCN1CCC[C@H]2Cc3[nH]c(=O)sc3C[C@@H]21. The summed E-state index contributed by atoms with van der Waals surface area (Å²) in [6.45, 7) is 4.73. The highest BCUT2D eigenvalue weighted by Gasteiger charge is 2.36. The Bertz CT molecular complexity index is 449. The number of aromatic amines is 1. The highest BCUT2D eigenvalue weighted by molar-refractivity contribution is 7.09. The second kappa shape index (κ2) is 4.58. The summed E-state index contributed by atoms with van der Waals surface area (Å²) in [6.07, 6.45) is 6.09. The predicted octanol–water partition coefficient (Wildman–Crippen LogP) is 2.03. The number of fused-ring (bicyclic) bond motifs is 2. The second-order valence-corrected chi connectivity index (χ2v) is 6.40. The molecule has 0 aromatic carbocycles. The number of nitrogens with zero attached hydrogens (tertiary/aromatic N) is 1. The molecule has 1 N–H and O–H groups in total. The Morgan fingerprint density at radius 2 is 2.35 bits per heavy atom. The molecule has 4 heteroatoms. The molecule has 1 saturated heterocycles. The van der Waals surface area contributed by atoms with Crippen molar-refractivity contribution in [1.82, 2.24) is 9.88 Å². The van der Waals surface area contributed by atoms with E-state index in [2.05, 4.69) is 16.8 Å². The molecular weight excluding hydrogens is 232 g/mol. The minimum atomic E-state index is 0.135. The Labute approximate surface area is 106 Å². The van der Waals surface area contributed by atoms with Gasteiger partial charge in [-0.2, -0.15) is 0 Å². The predicted molar refractivity (Wildman–Crippen MR) is 70.7 cm³/mol. The molecule has 2 heterocycles. The lowest BCUT2D eigenvalue weighted by molar-refractivity contribution is 0.0857. The molecule has 17 heavy (non-hydrogen) atoms. The fourth-order valence-electron chi connectivity index (χ4n) is 3.49. The number of rotatable bonds is 2. The van der Waals surface area contributed by atoms with Gasteiger partial charge in [-0.1, -0.05) is 18.3 Å². The summed E-state index contributed by atoms with van der Waals surface area (Å²) in [5.41, 5.74) is 1.24. The van der Waals surface area contributed by atoms with Gasteiger partial charge in [-0.3, -0.25) is 9.69 Å². The summed E-state index contributed by atoms with van der Waals surface area (Å²) in [5.74, 6) is 0.771. The lowest BCUT2D eigenvalue weighted by Gasteiger charge is -2.43. The Hall–Kier alpha value is -0.610. The largest absolute Gasteiger partial charge is 0.316 e. The van der Waals surface area contributed by atoms with Gasteiger partial charge in [0.2, 0.25) is 0 Å². The summed E-state index contributed by atoms with van der Waals surface area (Å²) in [6, 6.07) is 0.697. The van der Waals surface area contributed by atoms with Crippen LogP contribution in [0.5, 0.6) is 0 Å². The minimum Gasteiger partial charge on any atom is -0.316 e. The van der Waals surface area contributed by atoms with Gasteiger partial charge in [-0.05, 0) is 51.1 Å². The van der Waals surface area contributed by atoms with Crippen molar-refractivity contribution in [2.24, 2.45) is 5.92 Å². The van der Waals surface area contributed by atoms with Gasteiger partial charge in [-0.15, -0.1) is 0 Å². The van der Waals surface area contributed by atoms with Crippen molar-refractivity contribution in [2.75, 3.05) is 13.1 Å². The van der Waals surface area contributed by atoms with E-state index in [4.69, 9.17) is 0 Å². The fourth-order valence-corrected chi connectivity index (χ4v) is 4.40. The zero-order valence-electron chi connectivity index (χ0n) is 10.4. The molecule has 0 spiro atoms. The molecule has 2 atom stereocenters. The van der Waals surface area contributed by atoms with Gasteiger partial charge < -0.3 is 4.98 Å². The third kappa shape index (κ3) is 2.08. The molecular formula is C13H20N2OS. The van der Waals surface area contributed by atoms with Crippen LogP contribution in [0.1, 0.15) is 36.8 Å². The molecule has 0 radical (unpaired) electrons. The third-order valence-corrected chi connectivity index (χ3v) is 5.16. The Kier molecular flexibility index (Phi) is 3.09. The zero-order chi connectivity index (χ0) is 11.8. The van der Waals surface area contributed by atoms with E-state index in [-0.39, 0.29) is 4.87 Å². The van der Waals surface area contributed by atoms with Crippen LogP contribution < -0.4 is 4.87 Å². The summed E-state index contributed by atoms with van der Waals surface area (Å²) in [7, 11) is 0. The van der Waals surface area contributed by atoms with Gasteiger partial charge in [0, 0.05) is 16.6 Å². The van der Waals surface area contributed by atoms with Crippen molar-refractivity contribution < 1.29 is 0 Å². The van der Waals surface area contributed by atoms with Crippen LogP contribution in [0.4, 0.5) is 0 Å². The van der Waals surface area contributed by atoms with Crippen molar-refractivity contribution in [1.29, 1.82) is 0 Å². The molecule has 3 nitrogen and oxygen atoms in total. The number of nitrogens with one attached hydrogen (secondary N) is 1. The molecule has 1 fully saturated rings. The van der Waals surface area contributed by atoms with Crippen molar-refractivity contribution in [3.63, 3.8) is 0 Å². The lowest BCUT2D eigenvalue weighted by Crippen LogP contribution is -2.49. The maximum Gasteiger partial charge on any atom is 0.304 e. The van der Waals surface area contributed by atoms with Crippen LogP contribution in [-0.4, -0.2) is 29.0 Å². The topological polar surface area (TPSA) is 36.1 Å². The Morgan fingerprint density at radius 3 is 3.18 bits per heavy atom. The van der Waals surface area contributed by atoms with Crippen molar-refractivity contribution in [2.45, 2.75) is 45.1 Å². The van der Waals surface area contributed by atoms with Crippen LogP contribution in [0.3, 0.4) is 0 Å². The highest BCUT2D eigenvalue weighted by atomic mass is 32.1. The number of likely N-dealkylation sites (tertiary alicyclic amines) is 1. The number of hydrogen-bond acceptors (Lipinski definition) is 3. The van der Waals surface area contributed by atoms with Gasteiger partial charge >= 0.3 is 4.87 Å². The van der Waals surface area contributed by atoms with E-state index in [0.717, 1.165) is 18.8 Å². The quantitative estimate of drug-likeness (QED) is 0.874. The van der Waals surface area contributed by atoms with Gasteiger partial charge in [0.15, 0.2) is 0 Å². The van der Waals surface area contributed by atoms with E-state index in [0.29, 0.717) is 6.04 Å². The van der Waals surface area contributed by atoms with E-state index in [1.165, 1.54) is 54.3 Å². The molecule has 0 bridgehead atoms. The Morgan fingerprint density at radius 1 is 1.47 bits per heavy atom. The molecule has 0 amide bonds. The number of aromatic nitrogens is 1. The van der Waals surface area contributed by atoms with E-state index in [9.17, 15) is 4.79 Å². The van der Waals surface area contributed by atoms with Crippen LogP contribution in [0.25, 0.3) is 0 Å². The molecule has 0 unspecified atom stereocenters. The first-order valence-corrected chi connectivity index (χ1v) is 7.54. The van der Waals surface area contributed by atoms with Crippen LogP contribution in [0.15, 0.2) is 4.79 Å². The number of piperidine rings is 1. The maximum atomic E-state index is 11.4. The minimum absolute atomic E-state index is 0.135. The van der Waals surface area contributed by atoms with Crippen molar-refractivity contribution in [3.05, 3.63) is 20.2 Å². The number of thiazole rings is 1. The molecule has 1 aromatic heterocycles. The molecule has 1 aromatic rings. The van der Waals surface area contributed by atoms with Crippen molar-refractivity contribution in [3.8, 4) is 0 Å². The Balaban J connectivity index is 1.85. The molecule has 3 rings (SSSR count). The van der Waals surface area contributed by atoms with Crippen LogP contribution in [0.2, 0.25) is 0 Å². The smallest absolute Gasteiger partial charge is 0.304 e. The number of hydrogen-bond donors (Lipinski definition) is 1. The first-order valence-electron chi connectivity index (χ1n) is 6.73. The average Bonchev–Trinajstić information content (AvgIpc) is 2.66. The molecule has 2 aliphatic rings. The monoisotopic (exact) mass is 252 g/mol. The van der Waals surface area contributed by atoms with E-state index in [1.54, 1.807) is 0 Å². The van der Waals surface area contributed by atoms with Crippen LogP contribution in [-0.2, 0) is 12.8 Å². The molecule has 94 valence electrons. The number of H-pyrrole nitrogens is 1. The summed E-state index contributed by atoms with van der Waals surface area (Å²) < 4.78 is 0. The first-order chi connectivity index (χ1) is 8.28. The zero-order valence-corrected chi connectivity index (χ0v) is 11.2. The summed E-state index contributed by atoms with van der Waals surface area (Å²) >= 11 is 1.43. The first kappa shape index (κ1) is 11.5. The summed E-state index contributed by atoms with van der Waals surface area (Å²) in [5, 5.41) is 0. The van der Waals surface area contributed by atoms with Crippen molar-refractivity contribution >= 4 is 11.3 Å². The normalized spacial score (nSPS) is 28.8. The lowest BCUT2D eigenvalue weighted by atomic mass is 9.79. The third-order valence-electron chi connectivity index (χ3n) is 4.21.